The Morgan fingerprint density at radius 3 is 2.39 bits per heavy atom. The van der Waals surface area contributed by atoms with Gasteiger partial charge in [-0.05, 0) is 51.6 Å². The first kappa shape index (κ1) is 15.9. The van der Waals surface area contributed by atoms with Gasteiger partial charge in [-0.2, -0.15) is 0 Å². The van der Waals surface area contributed by atoms with Gasteiger partial charge < -0.3 is 15.3 Å². The van der Waals surface area contributed by atoms with Gasteiger partial charge >= 0.3 is 0 Å². The molecular formula is C15H32N2O. The third-order valence-corrected chi connectivity index (χ3v) is 4.43. The van der Waals surface area contributed by atoms with Crippen LogP contribution >= 0.6 is 0 Å². The van der Waals surface area contributed by atoms with Gasteiger partial charge in [-0.15, -0.1) is 0 Å². The molecule has 0 heterocycles. The van der Waals surface area contributed by atoms with Crippen LogP contribution in [0.1, 0.15) is 52.4 Å². The van der Waals surface area contributed by atoms with E-state index in [1.807, 2.05) is 0 Å². The first-order valence-electron chi connectivity index (χ1n) is 7.75. The van der Waals surface area contributed by atoms with Crippen LogP contribution in [0.15, 0.2) is 0 Å². The summed E-state index contributed by atoms with van der Waals surface area (Å²) >= 11 is 0. The molecule has 3 nitrogen and oxygen atoms in total. The van der Waals surface area contributed by atoms with E-state index in [2.05, 4.69) is 31.1 Å². The predicted molar refractivity (Wildman–Crippen MR) is 77.8 cm³/mol. The lowest BCUT2D eigenvalue weighted by Crippen LogP contribution is -2.46. The van der Waals surface area contributed by atoms with Crippen LogP contribution in [0, 0.1) is 5.92 Å². The molecule has 1 rings (SSSR count). The van der Waals surface area contributed by atoms with Crippen LogP contribution in [0.3, 0.4) is 0 Å². The van der Waals surface area contributed by atoms with Crippen molar-refractivity contribution in [1.82, 2.24) is 10.2 Å². The van der Waals surface area contributed by atoms with Gasteiger partial charge in [-0.1, -0.05) is 20.3 Å². The first-order chi connectivity index (χ1) is 8.71. The molecule has 1 fully saturated rings. The minimum Gasteiger partial charge on any atom is -0.395 e. The molecule has 1 atom stereocenters. The molecule has 0 aromatic heterocycles. The Labute approximate surface area is 113 Å². The molecule has 2 N–H and O–H groups in total. The van der Waals surface area contributed by atoms with Gasteiger partial charge in [0.2, 0.25) is 0 Å². The van der Waals surface area contributed by atoms with E-state index < -0.39 is 0 Å². The largest absolute Gasteiger partial charge is 0.395 e. The summed E-state index contributed by atoms with van der Waals surface area (Å²) in [5.41, 5.74) is 0. The highest BCUT2D eigenvalue weighted by Gasteiger charge is 2.24. The Bertz CT molecular complexity index is 203. The van der Waals surface area contributed by atoms with E-state index in [0.717, 1.165) is 31.5 Å². The number of aliphatic hydroxyl groups excluding tert-OH is 1. The Morgan fingerprint density at radius 1 is 1.22 bits per heavy atom. The lowest BCUT2D eigenvalue weighted by Gasteiger charge is -2.36. The molecule has 1 aliphatic rings. The van der Waals surface area contributed by atoms with E-state index in [4.69, 9.17) is 0 Å². The van der Waals surface area contributed by atoms with Crippen molar-refractivity contribution in [3.05, 3.63) is 0 Å². The van der Waals surface area contributed by atoms with Crippen molar-refractivity contribution < 1.29 is 5.11 Å². The van der Waals surface area contributed by atoms with Crippen LogP contribution in [0.25, 0.3) is 0 Å². The molecule has 0 spiro atoms. The number of hydrogen-bond acceptors (Lipinski definition) is 3. The average Bonchev–Trinajstić information content (AvgIpc) is 2.43. The van der Waals surface area contributed by atoms with E-state index >= 15 is 0 Å². The zero-order valence-electron chi connectivity index (χ0n) is 12.5. The Balaban J connectivity index is 2.28. The normalized spacial score (nSPS) is 26.5. The van der Waals surface area contributed by atoms with Crippen molar-refractivity contribution in [2.75, 3.05) is 26.7 Å². The summed E-state index contributed by atoms with van der Waals surface area (Å²) in [5, 5.41) is 12.8. The van der Waals surface area contributed by atoms with Crippen LogP contribution in [0.5, 0.6) is 0 Å². The van der Waals surface area contributed by atoms with E-state index in [-0.39, 0.29) is 12.6 Å². The highest BCUT2D eigenvalue weighted by Crippen LogP contribution is 2.28. The van der Waals surface area contributed by atoms with Crippen LogP contribution in [-0.2, 0) is 0 Å². The highest BCUT2D eigenvalue weighted by molar-refractivity contribution is 4.80. The third-order valence-electron chi connectivity index (χ3n) is 4.43. The summed E-state index contributed by atoms with van der Waals surface area (Å²) in [4.78, 5) is 2.45. The first-order valence-corrected chi connectivity index (χ1v) is 7.75. The van der Waals surface area contributed by atoms with Crippen molar-refractivity contribution >= 4 is 0 Å². The molecule has 18 heavy (non-hydrogen) atoms. The minimum atomic E-state index is 0.235. The molecule has 0 aromatic carbocycles. The van der Waals surface area contributed by atoms with Crippen LogP contribution in [0.4, 0.5) is 0 Å². The standard InChI is InChI=1S/C15H32N2O/c1-4-10-16-14(12-18)11-17(3)15-8-6-13(5-2)7-9-15/h13-16,18H,4-12H2,1-3H3. The molecule has 0 bridgehead atoms. The fourth-order valence-electron chi connectivity index (χ4n) is 3.03. The third kappa shape index (κ3) is 5.25. The van der Waals surface area contributed by atoms with Crippen LogP contribution < -0.4 is 5.32 Å². The van der Waals surface area contributed by atoms with Gasteiger partial charge in [0, 0.05) is 18.6 Å². The number of nitrogens with one attached hydrogen (secondary N) is 1. The summed E-state index contributed by atoms with van der Waals surface area (Å²) in [5.74, 6) is 0.960. The SMILES string of the molecule is CCCNC(CO)CN(C)C1CCC(CC)CC1. The number of nitrogens with zero attached hydrogens (tertiary/aromatic N) is 1. The van der Waals surface area contributed by atoms with Crippen molar-refractivity contribution in [3.8, 4) is 0 Å². The molecule has 0 aliphatic heterocycles. The quantitative estimate of drug-likeness (QED) is 0.699. The average molecular weight is 256 g/mol. The molecule has 0 saturated heterocycles. The Kier molecular flexibility index (Phi) is 7.87. The molecule has 0 amide bonds. The second-order valence-corrected chi connectivity index (χ2v) is 5.86. The van der Waals surface area contributed by atoms with Gasteiger partial charge in [-0.25, -0.2) is 0 Å². The fraction of sp³-hybridized carbons (Fsp3) is 1.00. The smallest absolute Gasteiger partial charge is 0.0597 e. The van der Waals surface area contributed by atoms with E-state index in [0.29, 0.717) is 0 Å². The summed E-state index contributed by atoms with van der Waals surface area (Å²) in [7, 11) is 2.22. The second-order valence-electron chi connectivity index (χ2n) is 5.86. The van der Waals surface area contributed by atoms with Gasteiger partial charge in [-0.3, -0.25) is 0 Å². The zero-order valence-corrected chi connectivity index (χ0v) is 12.5. The topological polar surface area (TPSA) is 35.5 Å². The molecule has 108 valence electrons. The van der Waals surface area contributed by atoms with Crippen LogP contribution in [-0.4, -0.2) is 48.8 Å². The maximum Gasteiger partial charge on any atom is 0.0597 e. The lowest BCUT2D eigenvalue weighted by atomic mass is 9.84. The molecule has 3 heteroatoms. The fourth-order valence-corrected chi connectivity index (χ4v) is 3.03. The molecular weight excluding hydrogens is 224 g/mol. The van der Waals surface area contributed by atoms with Crippen molar-refractivity contribution in [2.24, 2.45) is 5.92 Å². The molecule has 0 aromatic rings. The summed E-state index contributed by atoms with van der Waals surface area (Å²) < 4.78 is 0. The van der Waals surface area contributed by atoms with E-state index in [1.165, 1.54) is 32.1 Å². The van der Waals surface area contributed by atoms with Crippen molar-refractivity contribution in [2.45, 2.75) is 64.5 Å². The monoisotopic (exact) mass is 256 g/mol. The molecule has 0 radical (unpaired) electrons. The molecule has 1 aliphatic carbocycles. The van der Waals surface area contributed by atoms with E-state index in [9.17, 15) is 5.11 Å². The Morgan fingerprint density at radius 2 is 1.89 bits per heavy atom. The van der Waals surface area contributed by atoms with Gasteiger partial charge in [0.05, 0.1) is 6.61 Å². The number of rotatable bonds is 8. The zero-order chi connectivity index (χ0) is 13.4. The summed E-state index contributed by atoms with van der Waals surface area (Å²) in [6.07, 6.45) is 7.91. The number of aliphatic hydroxyl groups is 1. The van der Waals surface area contributed by atoms with Gasteiger partial charge in [0.15, 0.2) is 0 Å². The van der Waals surface area contributed by atoms with Crippen LogP contribution in [0.2, 0.25) is 0 Å². The van der Waals surface area contributed by atoms with Crippen molar-refractivity contribution in [1.29, 1.82) is 0 Å². The lowest BCUT2D eigenvalue weighted by molar-refractivity contribution is 0.131. The van der Waals surface area contributed by atoms with Gasteiger partial charge in [0.25, 0.3) is 0 Å². The second kappa shape index (κ2) is 8.89. The highest BCUT2D eigenvalue weighted by atomic mass is 16.3. The number of likely N-dealkylation sites (N-methyl/N-ethyl adjacent to an activating group) is 1. The van der Waals surface area contributed by atoms with Gasteiger partial charge in [0.1, 0.15) is 0 Å². The Hall–Kier alpha value is -0.120. The maximum absolute atomic E-state index is 9.39. The summed E-state index contributed by atoms with van der Waals surface area (Å²) in [6.45, 7) is 6.69. The predicted octanol–water partition coefficient (Wildman–Crippen LogP) is 2.25. The van der Waals surface area contributed by atoms with Crippen molar-refractivity contribution in [3.63, 3.8) is 0 Å². The maximum atomic E-state index is 9.39. The summed E-state index contributed by atoms with van der Waals surface area (Å²) in [6, 6.07) is 0.962. The molecule has 1 saturated carbocycles. The number of hydrogen-bond donors (Lipinski definition) is 2. The minimum absolute atomic E-state index is 0.235. The van der Waals surface area contributed by atoms with E-state index in [1.54, 1.807) is 0 Å². The molecule has 1 unspecified atom stereocenters.